The number of phenolic OH excluding ortho intramolecular Hbond substituents is 1. The third-order valence-electron chi connectivity index (χ3n) is 7.59. The molecule has 0 saturated carbocycles. The number of phenols is 1. The number of amidine groups is 1. The van der Waals surface area contributed by atoms with Crippen molar-refractivity contribution in [1.29, 1.82) is 0 Å². The third-order valence-corrected chi connectivity index (χ3v) is 7.59. The summed E-state index contributed by atoms with van der Waals surface area (Å²) >= 11 is 0. The molecule has 0 unspecified atom stereocenters. The number of methoxy groups -OCH3 is 1. The second-order valence-corrected chi connectivity index (χ2v) is 9.99. The van der Waals surface area contributed by atoms with Crippen molar-refractivity contribution in [1.82, 2.24) is 4.98 Å². The maximum Gasteiger partial charge on any atom is 0.162 e. The van der Waals surface area contributed by atoms with E-state index in [2.05, 4.69) is 59.6 Å². The summed E-state index contributed by atoms with van der Waals surface area (Å²) in [6, 6.07) is 34.1. The van der Waals surface area contributed by atoms with Crippen molar-refractivity contribution in [2.75, 3.05) is 7.11 Å². The van der Waals surface area contributed by atoms with Gasteiger partial charge in [-0.1, -0.05) is 60.7 Å². The minimum atomic E-state index is 0.228. The van der Waals surface area contributed by atoms with Gasteiger partial charge in [-0.3, -0.25) is 0 Å². The number of aromatic hydroxyl groups is 1. The van der Waals surface area contributed by atoms with Crippen molar-refractivity contribution >= 4 is 22.9 Å². The molecule has 0 amide bonds. The molecule has 5 heteroatoms. The summed E-state index contributed by atoms with van der Waals surface area (Å²) in [5, 5.41) is 9.80. The zero-order valence-corrected chi connectivity index (χ0v) is 22.1. The lowest BCUT2D eigenvalue weighted by Crippen LogP contribution is -2.03. The first-order chi connectivity index (χ1) is 19.7. The molecule has 194 valence electrons. The number of benzene rings is 4. The lowest BCUT2D eigenvalue weighted by atomic mass is 9.87. The predicted molar refractivity (Wildman–Crippen MR) is 162 cm³/mol. The van der Waals surface area contributed by atoms with Gasteiger partial charge >= 0.3 is 0 Å². The Morgan fingerprint density at radius 2 is 1.52 bits per heavy atom. The van der Waals surface area contributed by atoms with Gasteiger partial charge < -0.3 is 14.8 Å². The molecule has 0 radical (unpaired) electrons. The summed E-state index contributed by atoms with van der Waals surface area (Å²) in [6.07, 6.45) is 3.92. The Hall–Kier alpha value is -5.16. The molecule has 0 atom stereocenters. The van der Waals surface area contributed by atoms with Crippen LogP contribution in [0.5, 0.6) is 11.5 Å². The quantitative estimate of drug-likeness (QED) is 0.248. The first-order valence-corrected chi connectivity index (χ1v) is 13.4. The number of hydrogen-bond acceptors (Lipinski definition) is 3. The van der Waals surface area contributed by atoms with E-state index in [1.807, 2.05) is 42.5 Å². The van der Waals surface area contributed by atoms with E-state index in [4.69, 9.17) is 14.7 Å². The van der Waals surface area contributed by atoms with Crippen LogP contribution in [-0.2, 0) is 12.8 Å². The molecule has 0 saturated heterocycles. The largest absolute Gasteiger partial charge is 0.508 e. The van der Waals surface area contributed by atoms with Crippen LogP contribution in [0.4, 0.5) is 5.82 Å². The van der Waals surface area contributed by atoms with Crippen molar-refractivity contribution in [3.63, 3.8) is 0 Å². The number of nitrogens with zero attached hydrogens (tertiary/aromatic N) is 2. The number of fused-ring (bicyclic) bond motifs is 3. The van der Waals surface area contributed by atoms with Gasteiger partial charge in [0, 0.05) is 22.3 Å². The van der Waals surface area contributed by atoms with Gasteiger partial charge in [0.2, 0.25) is 0 Å². The van der Waals surface area contributed by atoms with E-state index in [9.17, 15) is 5.11 Å². The van der Waals surface area contributed by atoms with Crippen LogP contribution >= 0.6 is 0 Å². The molecule has 0 bridgehead atoms. The monoisotopic (exact) mass is 521 g/mol. The summed E-state index contributed by atoms with van der Waals surface area (Å²) in [4.78, 5) is 13.9. The summed E-state index contributed by atoms with van der Waals surface area (Å²) in [7, 11) is 1.71. The molecule has 0 fully saturated rings. The number of aromatic nitrogens is 1. The van der Waals surface area contributed by atoms with Crippen molar-refractivity contribution in [2.24, 2.45) is 9.98 Å². The van der Waals surface area contributed by atoms with Crippen LogP contribution in [0.3, 0.4) is 0 Å². The van der Waals surface area contributed by atoms with Gasteiger partial charge in [0.05, 0.1) is 18.5 Å². The molecule has 7 rings (SSSR count). The van der Waals surface area contributed by atoms with Gasteiger partial charge in [0.15, 0.2) is 5.84 Å². The van der Waals surface area contributed by atoms with E-state index in [0.29, 0.717) is 5.84 Å². The molecular weight excluding hydrogens is 494 g/mol. The molecule has 1 aliphatic carbocycles. The highest BCUT2D eigenvalue weighted by molar-refractivity contribution is 6.38. The van der Waals surface area contributed by atoms with Crippen LogP contribution < -0.4 is 4.74 Å². The number of ether oxygens (including phenoxy) is 1. The van der Waals surface area contributed by atoms with E-state index in [-0.39, 0.29) is 5.75 Å². The molecule has 2 heterocycles. The fourth-order valence-electron chi connectivity index (χ4n) is 5.62. The Kier molecular flexibility index (Phi) is 5.90. The molecule has 5 nitrogen and oxygen atoms in total. The molecule has 0 spiro atoms. The average Bonchev–Trinajstić information content (AvgIpc) is 3.60. The molecule has 5 aromatic rings. The SMILES string of the molecule is COc1ccc2c(c1)CCc1c-2[nH]c(/N=C2\N=C(c3ccc(O)cc3)C=C2c2ccccc2)c1-c1ccccc1. The molecule has 1 aromatic heterocycles. The molecule has 1 aliphatic heterocycles. The highest BCUT2D eigenvalue weighted by Crippen LogP contribution is 2.45. The number of aromatic amines is 1. The van der Waals surface area contributed by atoms with Crippen molar-refractivity contribution in [3.8, 4) is 33.9 Å². The van der Waals surface area contributed by atoms with E-state index in [1.165, 1.54) is 16.7 Å². The van der Waals surface area contributed by atoms with E-state index in [0.717, 1.165) is 63.6 Å². The lowest BCUT2D eigenvalue weighted by molar-refractivity contribution is 0.414. The predicted octanol–water partition coefficient (Wildman–Crippen LogP) is 7.78. The first-order valence-electron chi connectivity index (χ1n) is 13.4. The molecule has 2 N–H and O–H groups in total. The van der Waals surface area contributed by atoms with Crippen LogP contribution in [0.2, 0.25) is 0 Å². The van der Waals surface area contributed by atoms with Gasteiger partial charge in [0.1, 0.15) is 17.3 Å². The number of allylic oxidation sites excluding steroid dienone is 1. The summed E-state index contributed by atoms with van der Waals surface area (Å²) in [6.45, 7) is 0. The van der Waals surface area contributed by atoms with E-state index >= 15 is 0 Å². The zero-order chi connectivity index (χ0) is 27.1. The van der Waals surface area contributed by atoms with Crippen LogP contribution in [0.1, 0.15) is 22.3 Å². The van der Waals surface area contributed by atoms with Gasteiger partial charge in [-0.2, -0.15) is 0 Å². The van der Waals surface area contributed by atoms with Gasteiger partial charge in [0.25, 0.3) is 0 Å². The lowest BCUT2D eigenvalue weighted by Gasteiger charge is -2.18. The van der Waals surface area contributed by atoms with Crippen LogP contribution in [0.25, 0.3) is 28.0 Å². The van der Waals surface area contributed by atoms with E-state index < -0.39 is 0 Å². The van der Waals surface area contributed by atoms with Crippen LogP contribution in [0, 0.1) is 0 Å². The van der Waals surface area contributed by atoms with Crippen molar-refractivity contribution in [2.45, 2.75) is 12.8 Å². The minimum absolute atomic E-state index is 0.228. The van der Waals surface area contributed by atoms with Crippen LogP contribution in [-0.4, -0.2) is 28.7 Å². The smallest absolute Gasteiger partial charge is 0.162 e. The number of nitrogens with one attached hydrogen (secondary N) is 1. The summed E-state index contributed by atoms with van der Waals surface area (Å²) in [5.74, 6) is 2.55. The Labute approximate surface area is 232 Å². The highest BCUT2D eigenvalue weighted by Gasteiger charge is 2.27. The van der Waals surface area contributed by atoms with E-state index in [1.54, 1.807) is 19.2 Å². The van der Waals surface area contributed by atoms with Crippen molar-refractivity contribution in [3.05, 3.63) is 131 Å². The maximum atomic E-state index is 9.80. The molecule has 4 aromatic carbocycles. The normalized spacial score (nSPS) is 14.9. The standard InChI is InChI=1S/C35H27N3O2/c1-40-27-17-19-28-25(20-27)14-18-29-32(24-10-6-3-7-11-24)35(37-33(28)29)38-34-30(22-8-4-2-5-9-22)21-31(36-34)23-12-15-26(39)16-13-23/h2-13,15-17,19-21,37,39H,14,18H2,1H3/b38-34-. The molecular formula is C35H27N3O2. The number of hydrogen-bond donors (Lipinski definition) is 2. The Bertz CT molecular complexity index is 1810. The Morgan fingerprint density at radius 3 is 2.25 bits per heavy atom. The number of rotatable bonds is 5. The van der Waals surface area contributed by atoms with Crippen LogP contribution in [0.15, 0.2) is 119 Å². The van der Waals surface area contributed by atoms with Gasteiger partial charge in [-0.25, -0.2) is 9.98 Å². The Balaban J connectivity index is 1.42. The third kappa shape index (κ3) is 4.22. The van der Waals surface area contributed by atoms with Gasteiger partial charge in [-0.15, -0.1) is 0 Å². The summed E-state index contributed by atoms with van der Waals surface area (Å²) < 4.78 is 5.50. The Morgan fingerprint density at radius 1 is 0.800 bits per heavy atom. The fraction of sp³-hybridized carbons (Fsp3) is 0.0857. The summed E-state index contributed by atoms with van der Waals surface area (Å²) in [5.41, 5.74) is 10.8. The second kappa shape index (κ2) is 9.86. The second-order valence-electron chi connectivity index (χ2n) is 9.99. The number of aliphatic imine (C=N–C) groups is 2. The molecule has 2 aliphatic rings. The topological polar surface area (TPSA) is 70.0 Å². The van der Waals surface area contributed by atoms with Gasteiger partial charge in [-0.05, 0) is 83.6 Å². The minimum Gasteiger partial charge on any atom is -0.508 e. The molecule has 40 heavy (non-hydrogen) atoms. The average molecular weight is 522 g/mol. The number of aryl methyl sites for hydroxylation is 1. The number of H-pyrrole nitrogens is 1. The first kappa shape index (κ1) is 23.9. The highest BCUT2D eigenvalue weighted by atomic mass is 16.5. The fourth-order valence-corrected chi connectivity index (χ4v) is 5.62. The zero-order valence-electron chi connectivity index (χ0n) is 22.1. The maximum absolute atomic E-state index is 9.80. The van der Waals surface area contributed by atoms with Crippen molar-refractivity contribution < 1.29 is 9.84 Å².